The van der Waals surface area contributed by atoms with E-state index in [2.05, 4.69) is 4.98 Å². The molecule has 3 rings (SSSR count). The number of hydrogen-bond donors (Lipinski definition) is 0. The van der Waals surface area contributed by atoms with Crippen LogP contribution < -0.4 is 0 Å². The highest BCUT2D eigenvalue weighted by atomic mass is 35.5. The van der Waals surface area contributed by atoms with Gasteiger partial charge in [-0.05, 0) is 19.1 Å². The third-order valence-corrected chi connectivity index (χ3v) is 6.29. The number of fused-ring (bicyclic) bond motifs is 1. The van der Waals surface area contributed by atoms with Crippen molar-refractivity contribution in [3.8, 4) is 0 Å². The zero-order valence-corrected chi connectivity index (χ0v) is 15.5. The van der Waals surface area contributed by atoms with Crippen LogP contribution in [-0.2, 0) is 20.9 Å². The first kappa shape index (κ1) is 17.5. The fraction of sp³-hybridized carbons (Fsp3) is 0.438. The van der Waals surface area contributed by atoms with Crippen LogP contribution in [0.1, 0.15) is 18.4 Å². The van der Waals surface area contributed by atoms with Gasteiger partial charge in [-0.3, -0.25) is 9.59 Å². The van der Waals surface area contributed by atoms with Crippen LogP contribution in [0.3, 0.4) is 0 Å². The second-order valence-electron chi connectivity index (χ2n) is 6.11. The molecule has 1 atom stereocenters. The minimum Gasteiger partial charge on any atom is -0.455 e. The van der Waals surface area contributed by atoms with Gasteiger partial charge in [-0.2, -0.15) is 0 Å². The lowest BCUT2D eigenvalue weighted by Crippen LogP contribution is -2.32. The van der Waals surface area contributed by atoms with Crippen LogP contribution in [0.2, 0.25) is 0 Å². The molecule has 5 nitrogen and oxygen atoms in total. The molecule has 8 heteroatoms. The minimum atomic E-state index is -1.10. The van der Waals surface area contributed by atoms with Gasteiger partial charge in [0.25, 0.3) is 5.91 Å². The summed E-state index contributed by atoms with van der Waals surface area (Å²) in [4.78, 5) is 30.1. The molecule has 1 aromatic heterocycles. The SMILES string of the molecule is CN(Cc1nc2ccccc2s1)C(=O)COC(=O)[C@@]1(C)CC1(Cl)Cl. The van der Waals surface area contributed by atoms with E-state index >= 15 is 0 Å². The largest absolute Gasteiger partial charge is 0.455 e. The predicted octanol–water partition coefficient (Wildman–Crippen LogP) is 3.38. The highest BCUT2D eigenvalue weighted by molar-refractivity contribution is 7.18. The lowest BCUT2D eigenvalue weighted by Gasteiger charge is -2.17. The Labute approximate surface area is 153 Å². The molecule has 0 N–H and O–H groups in total. The zero-order valence-electron chi connectivity index (χ0n) is 13.2. The third kappa shape index (κ3) is 3.23. The van der Waals surface area contributed by atoms with E-state index in [1.165, 1.54) is 16.2 Å². The molecule has 0 saturated heterocycles. The summed E-state index contributed by atoms with van der Waals surface area (Å²) in [6, 6.07) is 7.79. The molecule has 1 aliphatic carbocycles. The van der Waals surface area contributed by atoms with Crippen LogP contribution in [-0.4, -0.2) is 39.7 Å². The van der Waals surface area contributed by atoms with E-state index in [1.54, 1.807) is 14.0 Å². The van der Waals surface area contributed by atoms with Gasteiger partial charge in [0.05, 0.1) is 16.8 Å². The maximum absolute atomic E-state index is 12.1. The van der Waals surface area contributed by atoms with Crippen molar-refractivity contribution in [3.05, 3.63) is 29.3 Å². The number of amides is 1. The maximum atomic E-state index is 12.1. The van der Waals surface area contributed by atoms with E-state index in [9.17, 15) is 9.59 Å². The van der Waals surface area contributed by atoms with Crippen molar-refractivity contribution in [2.24, 2.45) is 5.41 Å². The van der Waals surface area contributed by atoms with Gasteiger partial charge in [0.1, 0.15) is 14.8 Å². The Kier molecular flexibility index (Phi) is 4.49. The summed E-state index contributed by atoms with van der Waals surface area (Å²) >= 11 is 13.4. The van der Waals surface area contributed by atoms with E-state index in [-0.39, 0.29) is 12.5 Å². The molecule has 0 unspecified atom stereocenters. The molecule has 1 saturated carbocycles. The molecule has 24 heavy (non-hydrogen) atoms. The summed E-state index contributed by atoms with van der Waals surface area (Å²) in [7, 11) is 1.65. The molecule has 1 heterocycles. The number of aromatic nitrogens is 1. The first-order valence-corrected chi connectivity index (χ1v) is 8.94. The fourth-order valence-electron chi connectivity index (χ4n) is 2.30. The maximum Gasteiger partial charge on any atom is 0.315 e. The predicted molar refractivity (Wildman–Crippen MR) is 94.2 cm³/mol. The topological polar surface area (TPSA) is 59.5 Å². The fourth-order valence-corrected chi connectivity index (χ4v) is 4.01. The molecule has 1 fully saturated rings. The lowest BCUT2D eigenvalue weighted by atomic mass is 10.1. The lowest BCUT2D eigenvalue weighted by molar-refractivity contribution is -0.156. The Morgan fingerprint density at radius 2 is 2.04 bits per heavy atom. The van der Waals surface area contributed by atoms with Gasteiger partial charge < -0.3 is 9.64 Å². The number of ether oxygens (including phenoxy) is 1. The van der Waals surface area contributed by atoms with Crippen LogP contribution in [0.4, 0.5) is 0 Å². The molecule has 1 amide bonds. The summed E-state index contributed by atoms with van der Waals surface area (Å²) in [6.07, 6.45) is 0.331. The Bertz CT molecular complexity index is 774. The molecule has 0 radical (unpaired) electrons. The van der Waals surface area contributed by atoms with E-state index < -0.39 is 15.7 Å². The van der Waals surface area contributed by atoms with Gasteiger partial charge in [0.15, 0.2) is 6.61 Å². The van der Waals surface area contributed by atoms with Crippen molar-refractivity contribution in [1.82, 2.24) is 9.88 Å². The van der Waals surface area contributed by atoms with Crippen molar-refractivity contribution < 1.29 is 14.3 Å². The molecule has 1 aromatic carbocycles. The Hall–Kier alpha value is -1.37. The average molecular weight is 387 g/mol. The molecular weight excluding hydrogens is 371 g/mol. The molecule has 0 bridgehead atoms. The number of hydrogen-bond acceptors (Lipinski definition) is 5. The highest BCUT2D eigenvalue weighted by Gasteiger charge is 2.69. The molecule has 128 valence electrons. The monoisotopic (exact) mass is 386 g/mol. The summed E-state index contributed by atoms with van der Waals surface area (Å²) < 4.78 is 5.04. The van der Waals surface area contributed by atoms with Gasteiger partial charge in [0, 0.05) is 13.5 Å². The van der Waals surface area contributed by atoms with Gasteiger partial charge in [-0.15, -0.1) is 34.5 Å². The number of carbonyl (C=O) groups excluding carboxylic acids is 2. The van der Waals surface area contributed by atoms with Crippen LogP contribution in [0.25, 0.3) is 10.2 Å². The van der Waals surface area contributed by atoms with Crippen LogP contribution >= 0.6 is 34.5 Å². The third-order valence-electron chi connectivity index (χ3n) is 4.17. The van der Waals surface area contributed by atoms with Crippen molar-refractivity contribution >= 4 is 56.6 Å². The number of carbonyl (C=O) groups is 2. The van der Waals surface area contributed by atoms with Gasteiger partial charge in [0.2, 0.25) is 0 Å². The standard InChI is InChI=1S/C16H16Cl2N2O3S/c1-15(9-16(15,17)18)14(22)23-8-13(21)20(2)7-12-19-10-5-3-4-6-11(10)24-12/h3-6H,7-9H2,1-2H3/t15-/m1/s1. The first-order valence-electron chi connectivity index (χ1n) is 7.36. The van der Waals surface area contributed by atoms with Crippen LogP contribution in [0.5, 0.6) is 0 Å². The number of benzene rings is 1. The van der Waals surface area contributed by atoms with E-state index in [1.807, 2.05) is 24.3 Å². The highest BCUT2D eigenvalue weighted by Crippen LogP contribution is 2.64. The Morgan fingerprint density at radius 3 is 2.67 bits per heavy atom. The molecule has 1 aliphatic rings. The summed E-state index contributed by atoms with van der Waals surface area (Å²) in [5, 5.41) is 0.827. The first-order chi connectivity index (χ1) is 11.2. The van der Waals surface area contributed by atoms with Crippen molar-refractivity contribution in [2.45, 2.75) is 24.2 Å². The number of nitrogens with zero attached hydrogens (tertiary/aromatic N) is 2. The second kappa shape index (κ2) is 6.17. The average Bonchev–Trinajstić information content (AvgIpc) is 2.88. The van der Waals surface area contributed by atoms with E-state index in [0.717, 1.165) is 15.2 Å². The quantitative estimate of drug-likeness (QED) is 0.583. The van der Waals surface area contributed by atoms with Gasteiger partial charge in [-0.25, -0.2) is 4.98 Å². The number of alkyl halides is 2. The molecule has 2 aromatic rings. The number of rotatable bonds is 5. The van der Waals surface area contributed by atoms with Crippen molar-refractivity contribution in [1.29, 1.82) is 0 Å². The summed E-state index contributed by atoms with van der Waals surface area (Å²) in [6.45, 7) is 1.66. The van der Waals surface area contributed by atoms with E-state index in [0.29, 0.717) is 13.0 Å². The number of halogens is 2. The Morgan fingerprint density at radius 1 is 1.38 bits per heavy atom. The van der Waals surface area contributed by atoms with Gasteiger partial charge in [-0.1, -0.05) is 12.1 Å². The smallest absolute Gasteiger partial charge is 0.315 e. The van der Waals surface area contributed by atoms with Crippen molar-refractivity contribution in [3.63, 3.8) is 0 Å². The second-order valence-corrected chi connectivity index (χ2v) is 8.71. The van der Waals surface area contributed by atoms with Crippen molar-refractivity contribution in [2.75, 3.05) is 13.7 Å². The summed E-state index contributed by atoms with van der Waals surface area (Å²) in [5.41, 5.74) is -0.0193. The van der Waals surface area contributed by atoms with E-state index in [4.69, 9.17) is 27.9 Å². The molecular formula is C16H16Cl2N2O3S. The number of para-hydroxylation sites is 1. The molecule has 0 aliphatic heterocycles. The number of thiazole rings is 1. The minimum absolute atomic E-state index is 0.304. The Balaban J connectivity index is 1.54. The van der Waals surface area contributed by atoms with Crippen LogP contribution in [0, 0.1) is 5.41 Å². The number of likely N-dealkylation sites (N-methyl/N-ethyl adjacent to an activating group) is 1. The zero-order chi connectivity index (χ0) is 17.5. The summed E-state index contributed by atoms with van der Waals surface area (Å²) in [5.74, 6) is -0.851. The number of esters is 1. The van der Waals surface area contributed by atoms with Crippen LogP contribution in [0.15, 0.2) is 24.3 Å². The van der Waals surface area contributed by atoms with Gasteiger partial charge >= 0.3 is 5.97 Å². The normalized spacial score (nSPS) is 21.5. The molecule has 0 spiro atoms.